The third-order valence-electron chi connectivity index (χ3n) is 2.27. The van der Waals surface area contributed by atoms with Gasteiger partial charge in [-0.05, 0) is 13.3 Å². The molecule has 0 saturated heterocycles. The van der Waals surface area contributed by atoms with Gasteiger partial charge in [0.2, 0.25) is 0 Å². The fourth-order valence-electron chi connectivity index (χ4n) is 1.37. The normalized spacial score (nSPS) is 12.4. The number of nitrogens with zero attached hydrogens (tertiary/aromatic N) is 1. The average Bonchev–Trinajstić information content (AvgIpc) is 2.25. The van der Waals surface area contributed by atoms with Crippen LogP contribution in [0.25, 0.3) is 0 Å². The number of nitrogens with one attached hydrogen (secondary N) is 2. The molecule has 0 aliphatic heterocycles. The number of hydrogen-bond acceptors (Lipinski definition) is 4. The molecule has 1 heterocycles. The van der Waals surface area contributed by atoms with E-state index >= 15 is 0 Å². The molecule has 0 fully saturated rings. The van der Waals surface area contributed by atoms with Crippen LogP contribution in [0, 0.1) is 0 Å². The van der Waals surface area contributed by atoms with Crippen molar-refractivity contribution in [2.45, 2.75) is 32.7 Å². The molecule has 0 radical (unpaired) electrons. The zero-order chi connectivity index (χ0) is 12.0. The summed E-state index contributed by atoms with van der Waals surface area (Å²) in [5.41, 5.74) is -0.117. The van der Waals surface area contributed by atoms with Gasteiger partial charge in [0, 0.05) is 32.2 Å². The van der Waals surface area contributed by atoms with Crippen LogP contribution < -0.4 is 10.9 Å². The van der Waals surface area contributed by atoms with Gasteiger partial charge in [-0.1, -0.05) is 6.92 Å². The van der Waals surface area contributed by atoms with Crippen molar-refractivity contribution < 1.29 is 4.74 Å². The molecule has 0 aliphatic rings. The van der Waals surface area contributed by atoms with E-state index in [-0.39, 0.29) is 11.6 Å². The number of ether oxygens (including phenoxy) is 1. The Balaban J connectivity index is 2.65. The van der Waals surface area contributed by atoms with Crippen molar-refractivity contribution in [3.63, 3.8) is 0 Å². The lowest BCUT2D eigenvalue weighted by atomic mass is 10.2. The minimum Gasteiger partial charge on any atom is -0.385 e. The highest BCUT2D eigenvalue weighted by molar-refractivity contribution is 5.33. The molecule has 0 aromatic carbocycles. The van der Waals surface area contributed by atoms with Crippen molar-refractivity contribution in [1.82, 2.24) is 9.97 Å². The summed E-state index contributed by atoms with van der Waals surface area (Å²) in [6.07, 6.45) is 1.60. The van der Waals surface area contributed by atoms with Gasteiger partial charge < -0.3 is 15.0 Å². The van der Waals surface area contributed by atoms with Gasteiger partial charge in [0.15, 0.2) is 0 Å². The van der Waals surface area contributed by atoms with E-state index in [2.05, 4.69) is 15.3 Å². The Hall–Kier alpha value is -1.36. The number of aromatic amines is 1. The van der Waals surface area contributed by atoms with Crippen molar-refractivity contribution in [3.8, 4) is 0 Å². The maximum absolute atomic E-state index is 11.3. The summed E-state index contributed by atoms with van der Waals surface area (Å²) < 4.78 is 4.99. The smallest absolute Gasteiger partial charge is 0.252 e. The number of H-pyrrole nitrogens is 1. The molecule has 0 saturated carbocycles. The molecule has 1 aromatic rings. The first-order chi connectivity index (χ1) is 7.65. The van der Waals surface area contributed by atoms with E-state index in [4.69, 9.17) is 4.74 Å². The highest BCUT2D eigenvalue weighted by Crippen LogP contribution is 2.04. The molecule has 2 N–H and O–H groups in total. The predicted molar refractivity (Wildman–Crippen MR) is 63.8 cm³/mol. The van der Waals surface area contributed by atoms with Crippen LogP contribution in [0.15, 0.2) is 10.9 Å². The van der Waals surface area contributed by atoms with Crippen LogP contribution in [0.1, 0.15) is 26.1 Å². The monoisotopic (exact) mass is 225 g/mol. The largest absolute Gasteiger partial charge is 0.385 e. The third-order valence-corrected chi connectivity index (χ3v) is 2.27. The summed E-state index contributed by atoms with van der Waals surface area (Å²) in [5, 5.41) is 3.18. The summed E-state index contributed by atoms with van der Waals surface area (Å²) in [6.45, 7) is 4.68. The SMILES string of the molecule is CCc1nc(NC(C)CCOC)cc(=O)[nH]1. The van der Waals surface area contributed by atoms with Crippen LogP contribution in [0.2, 0.25) is 0 Å². The van der Waals surface area contributed by atoms with Crippen LogP contribution in [-0.4, -0.2) is 29.7 Å². The zero-order valence-electron chi connectivity index (χ0n) is 10.0. The van der Waals surface area contributed by atoms with Crippen LogP contribution in [0.4, 0.5) is 5.82 Å². The van der Waals surface area contributed by atoms with Gasteiger partial charge in [-0.15, -0.1) is 0 Å². The molecule has 0 amide bonds. The van der Waals surface area contributed by atoms with Crippen molar-refractivity contribution in [2.24, 2.45) is 0 Å². The average molecular weight is 225 g/mol. The maximum atomic E-state index is 11.3. The first-order valence-corrected chi connectivity index (χ1v) is 5.51. The number of methoxy groups -OCH3 is 1. The second kappa shape index (κ2) is 6.27. The zero-order valence-corrected chi connectivity index (χ0v) is 10.0. The summed E-state index contributed by atoms with van der Waals surface area (Å²) in [5.74, 6) is 1.33. The highest BCUT2D eigenvalue weighted by Gasteiger charge is 2.04. The van der Waals surface area contributed by atoms with Gasteiger partial charge in [0.05, 0.1) is 0 Å². The standard InChI is InChI=1S/C11H19N3O2/c1-4-9-13-10(7-11(15)14-9)12-8(2)5-6-16-3/h7-8H,4-6H2,1-3H3,(H2,12,13,14,15). The number of aryl methyl sites for hydroxylation is 1. The Morgan fingerprint density at radius 1 is 1.62 bits per heavy atom. The summed E-state index contributed by atoms with van der Waals surface area (Å²) in [7, 11) is 1.67. The molecule has 0 aliphatic carbocycles. The van der Waals surface area contributed by atoms with Gasteiger partial charge >= 0.3 is 0 Å². The van der Waals surface area contributed by atoms with Gasteiger partial charge in [0.1, 0.15) is 11.6 Å². The summed E-state index contributed by atoms with van der Waals surface area (Å²) >= 11 is 0. The number of rotatable bonds is 6. The minimum atomic E-state index is -0.117. The fourth-order valence-corrected chi connectivity index (χ4v) is 1.37. The Labute approximate surface area is 95.3 Å². The molecule has 90 valence electrons. The molecular formula is C11H19N3O2. The summed E-state index contributed by atoms with van der Waals surface area (Å²) in [6, 6.07) is 1.71. The third kappa shape index (κ3) is 4.02. The van der Waals surface area contributed by atoms with Crippen LogP contribution in [0.3, 0.4) is 0 Å². The quantitative estimate of drug-likeness (QED) is 0.762. The van der Waals surface area contributed by atoms with Gasteiger partial charge in [-0.2, -0.15) is 0 Å². The number of hydrogen-bond donors (Lipinski definition) is 2. The fraction of sp³-hybridized carbons (Fsp3) is 0.636. The summed E-state index contributed by atoms with van der Waals surface area (Å²) in [4.78, 5) is 18.3. The van der Waals surface area contributed by atoms with Crippen molar-refractivity contribution >= 4 is 5.82 Å². The van der Waals surface area contributed by atoms with E-state index in [0.29, 0.717) is 18.2 Å². The molecular weight excluding hydrogens is 206 g/mol. The molecule has 5 heteroatoms. The van der Waals surface area contributed by atoms with Crippen LogP contribution in [0.5, 0.6) is 0 Å². The van der Waals surface area contributed by atoms with Crippen molar-refractivity contribution in [3.05, 3.63) is 22.2 Å². The minimum absolute atomic E-state index is 0.117. The Morgan fingerprint density at radius 3 is 3.00 bits per heavy atom. The Kier molecular flexibility index (Phi) is 4.98. The molecule has 16 heavy (non-hydrogen) atoms. The molecule has 5 nitrogen and oxygen atoms in total. The number of aromatic nitrogens is 2. The second-order valence-corrected chi connectivity index (χ2v) is 3.76. The molecule has 1 atom stereocenters. The lowest BCUT2D eigenvalue weighted by Crippen LogP contribution is -2.21. The Morgan fingerprint density at radius 2 is 2.38 bits per heavy atom. The van der Waals surface area contributed by atoms with Crippen LogP contribution in [-0.2, 0) is 11.2 Å². The molecule has 0 bridgehead atoms. The van der Waals surface area contributed by atoms with E-state index in [9.17, 15) is 4.79 Å². The van der Waals surface area contributed by atoms with E-state index in [1.54, 1.807) is 7.11 Å². The first kappa shape index (κ1) is 12.7. The second-order valence-electron chi connectivity index (χ2n) is 3.76. The topological polar surface area (TPSA) is 67.0 Å². The predicted octanol–water partition coefficient (Wildman–Crippen LogP) is 1.17. The molecule has 1 unspecified atom stereocenters. The molecule has 1 rings (SSSR count). The lowest BCUT2D eigenvalue weighted by Gasteiger charge is -2.13. The van der Waals surface area contributed by atoms with Gasteiger partial charge in [-0.3, -0.25) is 4.79 Å². The highest BCUT2D eigenvalue weighted by atomic mass is 16.5. The van der Waals surface area contributed by atoms with Crippen molar-refractivity contribution in [2.75, 3.05) is 19.0 Å². The number of anilines is 1. The maximum Gasteiger partial charge on any atom is 0.252 e. The van der Waals surface area contributed by atoms with E-state index < -0.39 is 0 Å². The molecule has 1 aromatic heterocycles. The van der Waals surface area contributed by atoms with Crippen molar-refractivity contribution in [1.29, 1.82) is 0 Å². The molecule has 0 spiro atoms. The first-order valence-electron chi connectivity index (χ1n) is 5.51. The van der Waals surface area contributed by atoms with Gasteiger partial charge in [-0.25, -0.2) is 4.98 Å². The van der Waals surface area contributed by atoms with E-state index in [0.717, 1.165) is 12.8 Å². The van der Waals surface area contributed by atoms with E-state index in [1.165, 1.54) is 6.07 Å². The van der Waals surface area contributed by atoms with E-state index in [1.807, 2.05) is 13.8 Å². The van der Waals surface area contributed by atoms with Gasteiger partial charge in [0.25, 0.3) is 5.56 Å². The Bertz CT molecular complexity index is 376. The van der Waals surface area contributed by atoms with Crippen LogP contribution >= 0.6 is 0 Å². The lowest BCUT2D eigenvalue weighted by molar-refractivity contribution is 0.191.